The Kier molecular flexibility index (Phi) is 5.82. The summed E-state index contributed by atoms with van der Waals surface area (Å²) in [4.78, 5) is 0. The lowest BCUT2D eigenvalue weighted by molar-refractivity contribution is 0.254. The van der Waals surface area contributed by atoms with Crippen molar-refractivity contribution in [2.45, 2.75) is 33.4 Å². The molecule has 0 atom stereocenters. The van der Waals surface area contributed by atoms with Crippen molar-refractivity contribution in [2.24, 2.45) is 0 Å². The van der Waals surface area contributed by atoms with Crippen LogP contribution in [0.2, 0.25) is 0 Å². The van der Waals surface area contributed by atoms with Crippen LogP contribution in [-0.2, 0) is 13.2 Å². The summed E-state index contributed by atoms with van der Waals surface area (Å²) in [6.45, 7) is 5.98. The van der Waals surface area contributed by atoms with Gasteiger partial charge in [-0.1, -0.05) is 22.9 Å². The molecule has 0 fully saturated rings. The first-order chi connectivity index (χ1) is 10.1. The molecule has 1 aromatic heterocycles. The van der Waals surface area contributed by atoms with E-state index in [9.17, 15) is 4.39 Å². The summed E-state index contributed by atoms with van der Waals surface area (Å²) in [7, 11) is 0. The van der Waals surface area contributed by atoms with E-state index in [1.165, 1.54) is 6.07 Å². The topological polar surface area (TPSA) is 34.4 Å². The second-order valence-corrected chi connectivity index (χ2v) is 5.77. The molecule has 0 saturated heterocycles. The van der Waals surface area contributed by atoms with Gasteiger partial charge in [0, 0.05) is 4.47 Å². The van der Waals surface area contributed by atoms with Gasteiger partial charge in [-0.15, -0.1) is 0 Å². The fourth-order valence-electron chi connectivity index (χ4n) is 1.95. The van der Waals surface area contributed by atoms with Crippen LogP contribution in [0.25, 0.3) is 0 Å². The second-order valence-electron chi connectivity index (χ2n) is 4.86. The number of hydrogen-bond acceptors (Lipinski definition) is 3. The lowest BCUT2D eigenvalue weighted by Crippen LogP contribution is -2.13. The van der Waals surface area contributed by atoms with E-state index in [1.54, 1.807) is 12.1 Å². The normalized spacial score (nSPS) is 10.9. The van der Waals surface area contributed by atoms with Gasteiger partial charge in [0.25, 0.3) is 0 Å². The van der Waals surface area contributed by atoms with Crippen LogP contribution >= 0.6 is 15.9 Å². The van der Waals surface area contributed by atoms with Crippen molar-refractivity contribution >= 4 is 15.9 Å². The highest BCUT2D eigenvalue weighted by Crippen LogP contribution is 2.24. The fraction of sp³-hybridized carbons (Fsp3) is 0.375. The summed E-state index contributed by atoms with van der Waals surface area (Å²) < 4.78 is 25.6. The lowest BCUT2D eigenvalue weighted by Gasteiger charge is -2.06. The Morgan fingerprint density at radius 2 is 2.14 bits per heavy atom. The van der Waals surface area contributed by atoms with E-state index in [1.807, 2.05) is 13.0 Å². The van der Waals surface area contributed by atoms with Crippen LogP contribution in [0, 0.1) is 12.7 Å². The number of aryl methyl sites for hydroxylation is 1. The summed E-state index contributed by atoms with van der Waals surface area (Å²) >= 11 is 3.30. The monoisotopic (exact) mass is 355 g/mol. The van der Waals surface area contributed by atoms with Gasteiger partial charge in [-0.05, 0) is 49.7 Å². The van der Waals surface area contributed by atoms with Crippen LogP contribution in [0.5, 0.6) is 5.75 Å². The Labute approximate surface area is 132 Å². The number of hydrogen-bond donors (Lipinski definition) is 1. The molecule has 21 heavy (non-hydrogen) atoms. The standard InChI is InChI=1S/C16H19BrFNO2/c1-3-6-19-9-16-11(2)7-13(21-16)10-20-15-8-12(17)4-5-14(15)18/h4-5,7-8,19H,3,6,9-10H2,1-2H3. The van der Waals surface area contributed by atoms with Crippen LogP contribution in [-0.4, -0.2) is 6.54 Å². The minimum Gasteiger partial charge on any atom is -0.483 e. The SMILES string of the molecule is CCCNCc1oc(COc2cc(Br)ccc2F)cc1C. The Morgan fingerprint density at radius 3 is 2.90 bits per heavy atom. The predicted molar refractivity (Wildman–Crippen MR) is 83.9 cm³/mol. The molecule has 0 spiro atoms. The Bertz CT molecular complexity index is 598. The molecule has 0 radical (unpaired) electrons. The van der Waals surface area contributed by atoms with E-state index in [0.717, 1.165) is 28.8 Å². The number of rotatable bonds is 7. The number of nitrogens with one attached hydrogen (secondary N) is 1. The quantitative estimate of drug-likeness (QED) is 0.738. The molecule has 1 heterocycles. The summed E-state index contributed by atoms with van der Waals surface area (Å²) in [5, 5.41) is 3.30. The van der Waals surface area contributed by atoms with Crippen molar-refractivity contribution in [1.82, 2.24) is 5.32 Å². The smallest absolute Gasteiger partial charge is 0.165 e. The molecule has 0 aliphatic rings. The molecule has 2 rings (SSSR count). The lowest BCUT2D eigenvalue weighted by atomic mass is 10.2. The van der Waals surface area contributed by atoms with Gasteiger partial charge in [0.15, 0.2) is 11.6 Å². The largest absolute Gasteiger partial charge is 0.483 e. The molecular weight excluding hydrogens is 337 g/mol. The first-order valence-electron chi connectivity index (χ1n) is 6.97. The maximum Gasteiger partial charge on any atom is 0.165 e. The van der Waals surface area contributed by atoms with E-state index in [-0.39, 0.29) is 18.2 Å². The van der Waals surface area contributed by atoms with E-state index in [0.29, 0.717) is 12.3 Å². The van der Waals surface area contributed by atoms with E-state index < -0.39 is 0 Å². The summed E-state index contributed by atoms with van der Waals surface area (Å²) in [6.07, 6.45) is 1.08. The van der Waals surface area contributed by atoms with Gasteiger partial charge in [-0.2, -0.15) is 0 Å². The van der Waals surface area contributed by atoms with Crippen LogP contribution in [0.4, 0.5) is 4.39 Å². The fourth-order valence-corrected chi connectivity index (χ4v) is 2.29. The van der Waals surface area contributed by atoms with E-state index in [2.05, 4.69) is 28.2 Å². The number of furan rings is 1. The highest BCUT2D eigenvalue weighted by atomic mass is 79.9. The number of halogens is 2. The minimum absolute atomic E-state index is 0.210. The molecule has 0 saturated carbocycles. The molecule has 2 aromatic rings. The highest BCUT2D eigenvalue weighted by molar-refractivity contribution is 9.10. The van der Waals surface area contributed by atoms with Gasteiger partial charge in [-0.25, -0.2) is 4.39 Å². The average molecular weight is 356 g/mol. The third-order valence-electron chi connectivity index (χ3n) is 3.05. The summed E-state index contributed by atoms with van der Waals surface area (Å²) in [5.41, 5.74) is 1.08. The van der Waals surface area contributed by atoms with Gasteiger partial charge in [0.1, 0.15) is 18.1 Å². The molecule has 3 nitrogen and oxygen atoms in total. The van der Waals surface area contributed by atoms with Gasteiger partial charge < -0.3 is 14.5 Å². The molecule has 1 aromatic carbocycles. The first-order valence-corrected chi connectivity index (χ1v) is 7.76. The zero-order valence-corrected chi connectivity index (χ0v) is 13.8. The molecule has 114 valence electrons. The van der Waals surface area contributed by atoms with Crippen molar-refractivity contribution in [3.8, 4) is 5.75 Å². The Hall–Kier alpha value is -1.33. The molecule has 0 aliphatic heterocycles. The maximum atomic E-state index is 13.6. The van der Waals surface area contributed by atoms with Crippen LogP contribution in [0.15, 0.2) is 33.2 Å². The zero-order valence-electron chi connectivity index (χ0n) is 12.2. The van der Waals surface area contributed by atoms with Crippen molar-refractivity contribution in [3.63, 3.8) is 0 Å². The van der Waals surface area contributed by atoms with Crippen molar-refractivity contribution < 1.29 is 13.5 Å². The summed E-state index contributed by atoms with van der Waals surface area (Å²) in [5.74, 6) is 1.42. The van der Waals surface area contributed by atoms with Crippen LogP contribution in [0.3, 0.4) is 0 Å². The van der Waals surface area contributed by atoms with Gasteiger partial charge in [0.05, 0.1) is 6.54 Å². The maximum absolute atomic E-state index is 13.6. The molecule has 0 bridgehead atoms. The molecule has 5 heteroatoms. The molecule has 0 unspecified atom stereocenters. The van der Waals surface area contributed by atoms with Crippen molar-refractivity contribution in [3.05, 3.63) is 51.6 Å². The molecule has 0 amide bonds. The number of benzene rings is 1. The van der Waals surface area contributed by atoms with E-state index in [4.69, 9.17) is 9.15 Å². The highest BCUT2D eigenvalue weighted by Gasteiger charge is 2.10. The third-order valence-corrected chi connectivity index (χ3v) is 3.54. The molecular formula is C16H19BrFNO2. The van der Waals surface area contributed by atoms with Gasteiger partial charge in [-0.3, -0.25) is 0 Å². The van der Waals surface area contributed by atoms with Gasteiger partial charge >= 0.3 is 0 Å². The summed E-state index contributed by atoms with van der Waals surface area (Å²) in [6, 6.07) is 6.54. The first kappa shape index (κ1) is 16.0. The Morgan fingerprint density at radius 1 is 1.33 bits per heavy atom. The Balaban J connectivity index is 1.97. The van der Waals surface area contributed by atoms with Crippen molar-refractivity contribution in [1.29, 1.82) is 0 Å². The average Bonchev–Trinajstić information content (AvgIpc) is 2.81. The van der Waals surface area contributed by atoms with Crippen molar-refractivity contribution in [2.75, 3.05) is 6.54 Å². The number of ether oxygens (including phenoxy) is 1. The third kappa shape index (κ3) is 4.58. The minimum atomic E-state index is -0.383. The molecule has 1 N–H and O–H groups in total. The predicted octanol–water partition coefficient (Wildman–Crippen LogP) is 4.57. The van der Waals surface area contributed by atoms with Gasteiger partial charge in [0.2, 0.25) is 0 Å². The van der Waals surface area contributed by atoms with Crippen LogP contribution < -0.4 is 10.1 Å². The van der Waals surface area contributed by atoms with Crippen LogP contribution in [0.1, 0.15) is 30.4 Å². The second kappa shape index (κ2) is 7.61. The molecule has 0 aliphatic carbocycles. The zero-order chi connectivity index (χ0) is 15.2. The van der Waals surface area contributed by atoms with E-state index >= 15 is 0 Å².